The number of H-pyrrole nitrogens is 1. The minimum atomic E-state index is -0.459. The van der Waals surface area contributed by atoms with Gasteiger partial charge >= 0.3 is 0 Å². The summed E-state index contributed by atoms with van der Waals surface area (Å²) in [6, 6.07) is 1.53. The van der Waals surface area contributed by atoms with Crippen molar-refractivity contribution >= 4 is 11.6 Å². The normalized spacial score (nSPS) is 11.5. The number of ketones is 2. The number of hydrogen-bond donors (Lipinski definition) is 1. The molecule has 1 aromatic heterocycles. The number of aromatic nitrogens is 2. The van der Waals surface area contributed by atoms with Crippen LogP contribution in [0.3, 0.4) is 0 Å². The van der Waals surface area contributed by atoms with Crippen LogP contribution in [0.1, 0.15) is 55.1 Å². The molecule has 0 aliphatic heterocycles. The van der Waals surface area contributed by atoms with E-state index >= 15 is 0 Å². The number of carbonyl (C=O) groups excluding carboxylic acids is 2. The lowest BCUT2D eigenvalue weighted by Gasteiger charge is -2.14. The van der Waals surface area contributed by atoms with E-state index in [0.29, 0.717) is 17.8 Å². The first-order valence-electron chi connectivity index (χ1n) is 4.99. The van der Waals surface area contributed by atoms with Crippen LogP contribution in [-0.4, -0.2) is 21.8 Å². The fourth-order valence-corrected chi connectivity index (χ4v) is 1.17. The largest absolute Gasteiger partial charge is 0.292 e. The van der Waals surface area contributed by atoms with Gasteiger partial charge in [0, 0.05) is 11.8 Å². The van der Waals surface area contributed by atoms with Gasteiger partial charge in [-0.2, -0.15) is 5.10 Å². The minimum absolute atomic E-state index is 0.0369. The van der Waals surface area contributed by atoms with Crippen LogP contribution < -0.4 is 0 Å². The molecule has 1 rings (SSSR count). The van der Waals surface area contributed by atoms with Gasteiger partial charge in [0.1, 0.15) is 11.4 Å². The van der Waals surface area contributed by atoms with Crippen molar-refractivity contribution in [2.24, 2.45) is 5.41 Å². The maximum absolute atomic E-state index is 11.8. The van der Waals surface area contributed by atoms with Gasteiger partial charge in [0.2, 0.25) is 0 Å². The SMILES string of the molecule is CCC(=O)c1cc(C(=O)C(C)(C)C)[nH]n1. The number of aromatic amines is 1. The Morgan fingerprint density at radius 3 is 2.47 bits per heavy atom. The second-order valence-electron chi connectivity index (χ2n) is 4.52. The van der Waals surface area contributed by atoms with Crippen molar-refractivity contribution in [3.05, 3.63) is 17.5 Å². The highest BCUT2D eigenvalue weighted by Crippen LogP contribution is 2.19. The summed E-state index contributed by atoms with van der Waals surface area (Å²) in [4.78, 5) is 23.1. The minimum Gasteiger partial charge on any atom is -0.292 e. The molecule has 0 fully saturated rings. The van der Waals surface area contributed by atoms with Crippen molar-refractivity contribution in [3.8, 4) is 0 Å². The molecule has 0 amide bonds. The zero-order chi connectivity index (χ0) is 11.6. The summed E-state index contributed by atoms with van der Waals surface area (Å²) in [5.41, 5.74) is 0.281. The molecule has 0 spiro atoms. The van der Waals surface area contributed by atoms with Crippen LogP contribution in [0.25, 0.3) is 0 Å². The first kappa shape index (κ1) is 11.6. The van der Waals surface area contributed by atoms with Crippen molar-refractivity contribution < 1.29 is 9.59 Å². The third-order valence-corrected chi connectivity index (χ3v) is 2.11. The molecule has 4 heteroatoms. The number of hydrogen-bond acceptors (Lipinski definition) is 3. The molecule has 1 N–H and O–H groups in total. The van der Waals surface area contributed by atoms with Crippen molar-refractivity contribution in [1.82, 2.24) is 10.2 Å². The van der Waals surface area contributed by atoms with E-state index in [-0.39, 0.29) is 11.6 Å². The monoisotopic (exact) mass is 208 g/mol. The lowest BCUT2D eigenvalue weighted by Crippen LogP contribution is -2.20. The second kappa shape index (κ2) is 3.96. The molecular weight excluding hydrogens is 192 g/mol. The van der Waals surface area contributed by atoms with Crippen LogP contribution in [0, 0.1) is 5.41 Å². The Balaban J connectivity index is 2.95. The van der Waals surface area contributed by atoms with Gasteiger partial charge in [0.15, 0.2) is 11.6 Å². The summed E-state index contributed by atoms with van der Waals surface area (Å²) in [6.07, 6.45) is 0.397. The molecule has 0 saturated heterocycles. The number of carbonyl (C=O) groups is 2. The maximum atomic E-state index is 11.8. The molecule has 0 saturated carbocycles. The predicted molar refractivity (Wildman–Crippen MR) is 57.0 cm³/mol. The van der Waals surface area contributed by atoms with E-state index in [1.54, 1.807) is 6.92 Å². The fraction of sp³-hybridized carbons (Fsp3) is 0.545. The Morgan fingerprint density at radius 2 is 2.00 bits per heavy atom. The third kappa shape index (κ3) is 2.52. The van der Waals surface area contributed by atoms with Crippen LogP contribution in [0.5, 0.6) is 0 Å². The van der Waals surface area contributed by atoms with Crippen LogP contribution in [0.2, 0.25) is 0 Å². The van der Waals surface area contributed by atoms with E-state index in [1.807, 2.05) is 20.8 Å². The third-order valence-electron chi connectivity index (χ3n) is 2.11. The Kier molecular flexibility index (Phi) is 3.07. The molecule has 0 radical (unpaired) electrons. The van der Waals surface area contributed by atoms with Gasteiger partial charge in [0.25, 0.3) is 0 Å². The van der Waals surface area contributed by atoms with Crippen molar-refractivity contribution in [1.29, 1.82) is 0 Å². The Hall–Kier alpha value is -1.45. The average molecular weight is 208 g/mol. The van der Waals surface area contributed by atoms with E-state index < -0.39 is 5.41 Å². The molecule has 1 heterocycles. The van der Waals surface area contributed by atoms with Crippen LogP contribution in [0.4, 0.5) is 0 Å². The number of nitrogens with one attached hydrogen (secondary N) is 1. The smallest absolute Gasteiger partial charge is 0.185 e. The van der Waals surface area contributed by atoms with Crippen LogP contribution in [-0.2, 0) is 0 Å². The summed E-state index contributed by atoms with van der Waals surface area (Å²) >= 11 is 0. The molecule has 0 aliphatic carbocycles. The number of nitrogens with zero attached hydrogens (tertiary/aromatic N) is 1. The van der Waals surface area contributed by atoms with Gasteiger partial charge in [-0.25, -0.2) is 0 Å². The highest BCUT2D eigenvalue weighted by molar-refractivity contribution is 6.01. The molecular formula is C11H16N2O2. The number of Topliss-reactive ketones (excluding diaryl/α,β-unsaturated/α-hetero) is 2. The lowest BCUT2D eigenvalue weighted by atomic mass is 9.89. The Morgan fingerprint density at radius 1 is 1.40 bits per heavy atom. The molecule has 15 heavy (non-hydrogen) atoms. The van der Waals surface area contributed by atoms with Gasteiger partial charge in [-0.05, 0) is 6.07 Å². The molecule has 1 aromatic rings. The molecule has 0 unspecified atom stereocenters. The van der Waals surface area contributed by atoms with Crippen molar-refractivity contribution in [2.45, 2.75) is 34.1 Å². The topological polar surface area (TPSA) is 62.8 Å². The Labute approximate surface area is 89.1 Å². The van der Waals surface area contributed by atoms with Crippen molar-refractivity contribution in [3.63, 3.8) is 0 Å². The van der Waals surface area contributed by atoms with E-state index in [9.17, 15) is 9.59 Å². The summed E-state index contributed by atoms with van der Waals surface area (Å²) in [7, 11) is 0. The standard InChI is InChI=1S/C11H16N2O2/c1-5-9(14)7-6-8(13-12-7)10(15)11(2,3)4/h6H,5H2,1-4H3,(H,12,13). The second-order valence-corrected chi connectivity index (χ2v) is 4.52. The van der Waals surface area contributed by atoms with Gasteiger partial charge in [-0.3, -0.25) is 14.7 Å². The average Bonchev–Trinajstić information content (AvgIpc) is 2.62. The van der Waals surface area contributed by atoms with Gasteiger partial charge in [-0.1, -0.05) is 27.7 Å². The van der Waals surface area contributed by atoms with E-state index in [1.165, 1.54) is 6.07 Å². The zero-order valence-electron chi connectivity index (χ0n) is 9.55. The predicted octanol–water partition coefficient (Wildman–Crippen LogP) is 2.23. The highest BCUT2D eigenvalue weighted by Gasteiger charge is 2.25. The highest BCUT2D eigenvalue weighted by atomic mass is 16.1. The molecule has 0 aliphatic rings. The van der Waals surface area contributed by atoms with Crippen LogP contribution in [0.15, 0.2) is 6.07 Å². The molecule has 0 aromatic carbocycles. The molecule has 0 bridgehead atoms. The van der Waals surface area contributed by atoms with E-state index in [2.05, 4.69) is 10.2 Å². The lowest BCUT2D eigenvalue weighted by molar-refractivity contribution is 0.0852. The van der Waals surface area contributed by atoms with E-state index in [4.69, 9.17) is 0 Å². The van der Waals surface area contributed by atoms with E-state index in [0.717, 1.165) is 0 Å². The molecule has 4 nitrogen and oxygen atoms in total. The fourth-order valence-electron chi connectivity index (χ4n) is 1.17. The van der Waals surface area contributed by atoms with Gasteiger partial charge < -0.3 is 0 Å². The maximum Gasteiger partial charge on any atom is 0.185 e. The quantitative estimate of drug-likeness (QED) is 0.775. The Bertz CT molecular complexity index is 386. The van der Waals surface area contributed by atoms with Gasteiger partial charge in [-0.15, -0.1) is 0 Å². The summed E-state index contributed by atoms with van der Waals surface area (Å²) < 4.78 is 0. The van der Waals surface area contributed by atoms with Crippen molar-refractivity contribution in [2.75, 3.05) is 0 Å². The zero-order valence-corrected chi connectivity index (χ0v) is 9.55. The molecule has 82 valence electrons. The van der Waals surface area contributed by atoms with Crippen LogP contribution >= 0.6 is 0 Å². The summed E-state index contributed by atoms with van der Waals surface area (Å²) in [5, 5.41) is 6.43. The van der Waals surface area contributed by atoms with Gasteiger partial charge in [0.05, 0.1) is 0 Å². The summed E-state index contributed by atoms with van der Waals surface area (Å²) in [5.74, 6) is -0.0932. The first-order valence-corrected chi connectivity index (χ1v) is 4.99. The summed E-state index contributed by atoms with van der Waals surface area (Å²) in [6.45, 7) is 7.26. The molecule has 0 atom stereocenters. The number of rotatable bonds is 3. The first-order chi connectivity index (χ1) is 6.86.